The minimum atomic E-state index is 0. The molecule has 146 valence electrons. The standard InChI is InChI=1S/C20H27N5S.HI/c1-20(8-4-6-16-5-2-3-7-17(16)20)15-23-18(21)24-10-12-25(13-11-24)19-22-9-14-26-19;/h2-3,5,7,9,14H,4,6,8,10-13,15H2,1H3,(H2,21,23);1H. The second-order valence-corrected chi connectivity index (χ2v) is 8.41. The van der Waals surface area contributed by atoms with Crippen LogP contribution in [0.25, 0.3) is 0 Å². The van der Waals surface area contributed by atoms with Gasteiger partial charge in [0.1, 0.15) is 0 Å². The van der Waals surface area contributed by atoms with Crippen molar-refractivity contribution in [2.24, 2.45) is 10.7 Å². The fourth-order valence-corrected chi connectivity index (χ4v) is 4.85. The lowest BCUT2D eigenvalue weighted by Gasteiger charge is -2.37. The average Bonchev–Trinajstić information content (AvgIpc) is 3.22. The van der Waals surface area contributed by atoms with Gasteiger partial charge in [0.2, 0.25) is 0 Å². The second kappa shape index (κ2) is 8.77. The summed E-state index contributed by atoms with van der Waals surface area (Å²) in [5.74, 6) is 0.688. The van der Waals surface area contributed by atoms with Gasteiger partial charge in [0.05, 0.1) is 6.54 Å². The van der Waals surface area contributed by atoms with E-state index >= 15 is 0 Å². The molecule has 2 aliphatic rings. The Morgan fingerprint density at radius 1 is 1.26 bits per heavy atom. The maximum Gasteiger partial charge on any atom is 0.191 e. The Morgan fingerprint density at radius 2 is 2.04 bits per heavy atom. The molecule has 7 heteroatoms. The van der Waals surface area contributed by atoms with Crippen molar-refractivity contribution in [3.8, 4) is 0 Å². The van der Waals surface area contributed by atoms with Crippen LogP contribution in [0.1, 0.15) is 30.9 Å². The van der Waals surface area contributed by atoms with Crippen molar-refractivity contribution in [3.63, 3.8) is 0 Å². The van der Waals surface area contributed by atoms with Crippen molar-refractivity contribution < 1.29 is 0 Å². The molecular weight excluding hydrogens is 469 g/mol. The second-order valence-electron chi connectivity index (χ2n) is 7.53. The van der Waals surface area contributed by atoms with E-state index < -0.39 is 0 Å². The van der Waals surface area contributed by atoms with E-state index in [-0.39, 0.29) is 29.4 Å². The van der Waals surface area contributed by atoms with Gasteiger partial charge in [-0.3, -0.25) is 4.99 Å². The molecule has 2 heterocycles. The fraction of sp³-hybridized carbons (Fsp3) is 0.500. The summed E-state index contributed by atoms with van der Waals surface area (Å²) in [4.78, 5) is 13.8. The SMILES string of the molecule is CC1(CN=C(N)N2CCN(c3nccs3)CC2)CCCc2ccccc21.I. The Labute approximate surface area is 182 Å². The summed E-state index contributed by atoms with van der Waals surface area (Å²) in [5.41, 5.74) is 9.39. The number of aliphatic imine (C=N–C) groups is 1. The summed E-state index contributed by atoms with van der Waals surface area (Å²) in [6.07, 6.45) is 5.46. The first-order valence-corrected chi connectivity index (χ1v) is 10.3. The van der Waals surface area contributed by atoms with E-state index in [0.717, 1.165) is 37.9 Å². The average molecular weight is 497 g/mol. The topological polar surface area (TPSA) is 57.8 Å². The number of fused-ring (bicyclic) bond motifs is 1. The zero-order chi connectivity index (χ0) is 18.0. The van der Waals surface area contributed by atoms with Crippen molar-refractivity contribution in [2.75, 3.05) is 37.6 Å². The third-order valence-corrected chi connectivity index (χ3v) is 6.56. The molecule has 0 spiro atoms. The van der Waals surface area contributed by atoms with Gasteiger partial charge in [-0.15, -0.1) is 35.3 Å². The lowest BCUT2D eigenvalue weighted by Crippen LogP contribution is -2.51. The smallest absolute Gasteiger partial charge is 0.191 e. The molecule has 1 aliphatic carbocycles. The van der Waals surface area contributed by atoms with Crippen LogP contribution in [-0.4, -0.2) is 48.6 Å². The predicted molar refractivity (Wildman–Crippen MR) is 125 cm³/mol. The molecule has 1 saturated heterocycles. The summed E-state index contributed by atoms with van der Waals surface area (Å²) in [5, 5.41) is 3.13. The van der Waals surface area contributed by atoms with Gasteiger partial charge in [-0.1, -0.05) is 31.2 Å². The van der Waals surface area contributed by atoms with Crippen LogP contribution in [0.2, 0.25) is 0 Å². The monoisotopic (exact) mass is 497 g/mol. The zero-order valence-corrected chi connectivity index (χ0v) is 19.0. The highest BCUT2D eigenvalue weighted by atomic mass is 127. The van der Waals surface area contributed by atoms with E-state index in [0.29, 0.717) is 5.96 Å². The number of hydrogen-bond acceptors (Lipinski definition) is 4. The molecule has 0 saturated carbocycles. The first kappa shape index (κ1) is 20.4. The molecule has 5 nitrogen and oxygen atoms in total. The van der Waals surface area contributed by atoms with Crippen molar-refractivity contribution in [1.82, 2.24) is 9.88 Å². The number of nitrogens with two attached hydrogens (primary N) is 1. The summed E-state index contributed by atoms with van der Waals surface area (Å²) in [6, 6.07) is 8.82. The minimum absolute atomic E-state index is 0. The van der Waals surface area contributed by atoms with Gasteiger partial charge in [-0.2, -0.15) is 0 Å². The first-order chi connectivity index (χ1) is 12.7. The molecule has 0 radical (unpaired) electrons. The Bertz CT molecular complexity index is 770. The van der Waals surface area contributed by atoms with Crippen LogP contribution in [-0.2, 0) is 11.8 Å². The van der Waals surface area contributed by atoms with Gasteiger partial charge in [-0.25, -0.2) is 4.98 Å². The third kappa shape index (κ3) is 4.39. The first-order valence-electron chi connectivity index (χ1n) is 9.43. The van der Waals surface area contributed by atoms with Crippen molar-refractivity contribution in [1.29, 1.82) is 0 Å². The van der Waals surface area contributed by atoms with Gasteiger partial charge in [-0.05, 0) is 30.4 Å². The molecule has 0 amide bonds. The predicted octanol–water partition coefficient (Wildman–Crippen LogP) is 3.49. The molecule has 1 unspecified atom stereocenters. The van der Waals surface area contributed by atoms with Crippen LogP contribution < -0.4 is 10.6 Å². The number of benzene rings is 1. The number of guanidine groups is 1. The van der Waals surface area contributed by atoms with E-state index in [1.54, 1.807) is 11.3 Å². The third-order valence-electron chi connectivity index (χ3n) is 5.73. The molecular formula is C20H28IN5S. The van der Waals surface area contributed by atoms with Gasteiger partial charge in [0, 0.05) is 43.2 Å². The number of thiazole rings is 1. The van der Waals surface area contributed by atoms with Crippen LogP contribution >= 0.6 is 35.3 Å². The van der Waals surface area contributed by atoms with Gasteiger partial charge < -0.3 is 15.5 Å². The molecule has 1 atom stereocenters. The quantitative estimate of drug-likeness (QED) is 0.401. The van der Waals surface area contributed by atoms with E-state index in [4.69, 9.17) is 10.7 Å². The molecule has 4 rings (SSSR count). The van der Waals surface area contributed by atoms with Gasteiger partial charge in [0.15, 0.2) is 11.1 Å². The van der Waals surface area contributed by atoms with Gasteiger partial charge >= 0.3 is 0 Å². The summed E-state index contributed by atoms with van der Waals surface area (Å²) in [6.45, 7) is 6.81. The zero-order valence-electron chi connectivity index (χ0n) is 15.8. The minimum Gasteiger partial charge on any atom is -0.370 e. The number of rotatable bonds is 3. The lowest BCUT2D eigenvalue weighted by molar-refractivity contribution is 0.371. The highest BCUT2D eigenvalue weighted by molar-refractivity contribution is 14.0. The summed E-state index contributed by atoms with van der Waals surface area (Å²) < 4.78 is 0. The number of aryl methyl sites for hydroxylation is 1. The van der Waals surface area contributed by atoms with E-state index in [2.05, 4.69) is 46.0 Å². The normalized spacial score (nSPS) is 22.9. The molecule has 1 fully saturated rings. The molecule has 1 aliphatic heterocycles. The molecule has 0 bridgehead atoms. The van der Waals surface area contributed by atoms with Gasteiger partial charge in [0.25, 0.3) is 0 Å². The summed E-state index contributed by atoms with van der Waals surface area (Å²) >= 11 is 1.70. The Kier molecular flexibility index (Phi) is 6.62. The Balaban J connectivity index is 0.00000210. The van der Waals surface area contributed by atoms with Crippen LogP contribution in [0.15, 0.2) is 40.8 Å². The highest BCUT2D eigenvalue weighted by Gasteiger charge is 2.32. The van der Waals surface area contributed by atoms with Crippen LogP contribution in [0, 0.1) is 0 Å². The maximum atomic E-state index is 6.35. The van der Waals surface area contributed by atoms with Crippen LogP contribution in [0.5, 0.6) is 0 Å². The largest absolute Gasteiger partial charge is 0.370 e. The molecule has 2 aromatic rings. The number of aromatic nitrogens is 1. The summed E-state index contributed by atoms with van der Waals surface area (Å²) in [7, 11) is 0. The number of nitrogens with zero attached hydrogens (tertiary/aromatic N) is 4. The number of anilines is 1. The molecule has 27 heavy (non-hydrogen) atoms. The van der Waals surface area contributed by atoms with Crippen molar-refractivity contribution in [2.45, 2.75) is 31.6 Å². The Hall–Kier alpha value is -1.35. The molecule has 1 aromatic carbocycles. The van der Waals surface area contributed by atoms with E-state index in [9.17, 15) is 0 Å². The maximum absolute atomic E-state index is 6.35. The van der Waals surface area contributed by atoms with Crippen LogP contribution in [0.4, 0.5) is 5.13 Å². The fourth-order valence-electron chi connectivity index (χ4n) is 4.15. The Morgan fingerprint density at radius 3 is 2.78 bits per heavy atom. The van der Waals surface area contributed by atoms with Crippen molar-refractivity contribution in [3.05, 3.63) is 47.0 Å². The van der Waals surface area contributed by atoms with Crippen LogP contribution in [0.3, 0.4) is 0 Å². The highest BCUT2D eigenvalue weighted by Crippen LogP contribution is 2.37. The molecule has 2 N–H and O–H groups in total. The van der Waals surface area contributed by atoms with Crippen molar-refractivity contribution >= 4 is 46.4 Å². The number of piperazine rings is 1. The van der Waals surface area contributed by atoms with E-state index in [1.807, 2.05) is 11.6 Å². The lowest BCUT2D eigenvalue weighted by atomic mass is 9.71. The number of hydrogen-bond donors (Lipinski definition) is 1. The number of halogens is 1. The molecule has 1 aromatic heterocycles. The van der Waals surface area contributed by atoms with E-state index in [1.165, 1.54) is 30.4 Å².